The Morgan fingerprint density at radius 2 is 0.766 bits per heavy atom. The quantitative estimate of drug-likeness (QED) is 0.0380. The van der Waals surface area contributed by atoms with Crippen molar-refractivity contribution in [2.24, 2.45) is 0 Å². The van der Waals surface area contributed by atoms with Crippen molar-refractivity contribution in [3.63, 3.8) is 0 Å². The molecule has 4 N–H and O–H groups in total. The molecular formula is C39H79NO6S. The molecule has 1 amide bonds. The van der Waals surface area contributed by atoms with Crippen LogP contribution in [0.3, 0.4) is 0 Å². The first-order valence-electron chi connectivity index (χ1n) is 20.3. The molecular weight excluding hydrogens is 610 g/mol. The number of aliphatic hydroxyl groups is 2. The lowest BCUT2D eigenvalue weighted by atomic mass is 10.0. The summed E-state index contributed by atoms with van der Waals surface area (Å²) in [6.45, 7) is 4.50. The first-order chi connectivity index (χ1) is 22.7. The Hall–Kier alpha value is -0.700. The monoisotopic (exact) mass is 690 g/mol. The zero-order valence-corrected chi connectivity index (χ0v) is 31.9. The van der Waals surface area contributed by atoms with Gasteiger partial charge < -0.3 is 15.5 Å². The summed E-state index contributed by atoms with van der Waals surface area (Å²) in [6.07, 6.45) is 35.5. The van der Waals surface area contributed by atoms with E-state index in [2.05, 4.69) is 19.2 Å². The summed E-state index contributed by atoms with van der Waals surface area (Å²) in [5.74, 6) is -1.44. The number of amides is 1. The molecule has 0 saturated heterocycles. The third-order valence-electron chi connectivity index (χ3n) is 9.67. The standard InChI is InChI=1S/C39H79NO6S/c1-3-5-7-9-11-13-15-17-18-19-20-21-22-24-26-28-30-32-34-38(42)39(43)40-36(35-47(44,45)46)37(41)33-31-29-27-25-23-16-14-12-10-8-6-4-2/h36-38,41-42H,3-35H2,1-2H3,(H,40,43)(H,44,45,46). The highest BCUT2D eigenvalue weighted by atomic mass is 32.2. The molecule has 0 fully saturated rings. The van der Waals surface area contributed by atoms with Crippen LogP contribution in [0.4, 0.5) is 0 Å². The van der Waals surface area contributed by atoms with Gasteiger partial charge in [0.15, 0.2) is 0 Å². The molecule has 8 heteroatoms. The summed E-state index contributed by atoms with van der Waals surface area (Å²) in [5, 5.41) is 23.5. The number of hydrogen-bond acceptors (Lipinski definition) is 5. The number of carbonyl (C=O) groups excluding carboxylic acids is 1. The average molecular weight is 690 g/mol. The van der Waals surface area contributed by atoms with Crippen molar-refractivity contribution < 1.29 is 28.0 Å². The molecule has 0 radical (unpaired) electrons. The highest BCUT2D eigenvalue weighted by Crippen LogP contribution is 2.17. The van der Waals surface area contributed by atoms with E-state index in [0.717, 1.165) is 44.9 Å². The van der Waals surface area contributed by atoms with Gasteiger partial charge in [-0.3, -0.25) is 9.35 Å². The van der Waals surface area contributed by atoms with E-state index in [0.29, 0.717) is 12.8 Å². The fourth-order valence-corrected chi connectivity index (χ4v) is 7.28. The van der Waals surface area contributed by atoms with Crippen LogP contribution in [-0.2, 0) is 14.9 Å². The second-order valence-corrected chi connectivity index (χ2v) is 15.9. The second kappa shape index (κ2) is 33.8. The Labute approximate surface area is 292 Å². The van der Waals surface area contributed by atoms with Crippen LogP contribution in [0.15, 0.2) is 0 Å². The van der Waals surface area contributed by atoms with Gasteiger partial charge in [-0.15, -0.1) is 0 Å². The van der Waals surface area contributed by atoms with E-state index >= 15 is 0 Å². The Kier molecular flexibility index (Phi) is 33.3. The number of nitrogens with one attached hydrogen (secondary N) is 1. The van der Waals surface area contributed by atoms with E-state index in [1.165, 1.54) is 148 Å². The second-order valence-electron chi connectivity index (χ2n) is 14.4. The van der Waals surface area contributed by atoms with Crippen LogP contribution in [0.5, 0.6) is 0 Å². The smallest absolute Gasteiger partial charge is 0.266 e. The summed E-state index contributed by atoms with van der Waals surface area (Å²) < 4.78 is 32.5. The summed E-state index contributed by atoms with van der Waals surface area (Å²) in [6, 6.07) is -1.14. The first kappa shape index (κ1) is 46.3. The molecule has 0 aliphatic heterocycles. The van der Waals surface area contributed by atoms with Gasteiger partial charge in [0, 0.05) is 0 Å². The van der Waals surface area contributed by atoms with Crippen molar-refractivity contribution in [3.8, 4) is 0 Å². The topological polar surface area (TPSA) is 124 Å². The van der Waals surface area contributed by atoms with Crippen molar-refractivity contribution in [1.29, 1.82) is 0 Å². The normalized spacial score (nSPS) is 13.9. The molecule has 3 unspecified atom stereocenters. The summed E-state index contributed by atoms with van der Waals surface area (Å²) in [5.41, 5.74) is 0. The fraction of sp³-hybridized carbons (Fsp3) is 0.974. The molecule has 0 rings (SSSR count). The molecule has 0 heterocycles. The summed E-state index contributed by atoms with van der Waals surface area (Å²) in [7, 11) is -4.40. The molecule has 0 aromatic carbocycles. The molecule has 282 valence electrons. The van der Waals surface area contributed by atoms with Gasteiger partial charge in [0.25, 0.3) is 10.1 Å². The highest BCUT2D eigenvalue weighted by molar-refractivity contribution is 7.85. The van der Waals surface area contributed by atoms with Crippen molar-refractivity contribution >= 4 is 16.0 Å². The zero-order chi connectivity index (χ0) is 34.9. The van der Waals surface area contributed by atoms with Crippen molar-refractivity contribution in [1.82, 2.24) is 5.32 Å². The van der Waals surface area contributed by atoms with Crippen LogP contribution in [0.1, 0.15) is 219 Å². The van der Waals surface area contributed by atoms with Gasteiger partial charge in [-0.2, -0.15) is 8.42 Å². The number of unbranched alkanes of at least 4 members (excludes halogenated alkanes) is 28. The van der Waals surface area contributed by atoms with E-state index in [9.17, 15) is 28.0 Å². The van der Waals surface area contributed by atoms with Crippen molar-refractivity contribution in [2.75, 3.05) is 5.75 Å². The van der Waals surface area contributed by atoms with Crippen LogP contribution >= 0.6 is 0 Å². The molecule has 0 spiro atoms. The van der Waals surface area contributed by atoms with Crippen LogP contribution in [0.25, 0.3) is 0 Å². The zero-order valence-electron chi connectivity index (χ0n) is 31.0. The van der Waals surface area contributed by atoms with Crippen LogP contribution in [0.2, 0.25) is 0 Å². The maximum Gasteiger partial charge on any atom is 0.266 e. The molecule has 47 heavy (non-hydrogen) atoms. The minimum atomic E-state index is -4.40. The first-order valence-corrected chi connectivity index (χ1v) is 21.9. The minimum absolute atomic E-state index is 0.304. The van der Waals surface area contributed by atoms with Gasteiger partial charge in [-0.25, -0.2) is 0 Å². The lowest BCUT2D eigenvalue weighted by molar-refractivity contribution is -0.131. The van der Waals surface area contributed by atoms with Gasteiger partial charge >= 0.3 is 0 Å². The van der Waals surface area contributed by atoms with E-state index in [1.54, 1.807) is 0 Å². The Balaban J connectivity index is 3.92. The van der Waals surface area contributed by atoms with Crippen LogP contribution < -0.4 is 5.32 Å². The number of rotatable bonds is 37. The molecule has 0 aromatic rings. The van der Waals surface area contributed by atoms with Crippen molar-refractivity contribution in [2.45, 2.75) is 238 Å². The molecule has 7 nitrogen and oxygen atoms in total. The highest BCUT2D eigenvalue weighted by Gasteiger charge is 2.28. The largest absolute Gasteiger partial charge is 0.391 e. The number of carbonyl (C=O) groups is 1. The average Bonchev–Trinajstić information content (AvgIpc) is 3.03. The van der Waals surface area contributed by atoms with Gasteiger partial charge in [-0.05, 0) is 12.8 Å². The molecule has 0 saturated carbocycles. The van der Waals surface area contributed by atoms with Gasteiger partial charge in [-0.1, -0.05) is 206 Å². The predicted octanol–water partition coefficient (Wildman–Crippen LogP) is 10.6. The van der Waals surface area contributed by atoms with Gasteiger partial charge in [0.05, 0.1) is 17.9 Å². The third kappa shape index (κ3) is 33.6. The maximum absolute atomic E-state index is 12.6. The summed E-state index contributed by atoms with van der Waals surface area (Å²) in [4.78, 5) is 12.6. The lowest BCUT2D eigenvalue weighted by Gasteiger charge is -2.24. The van der Waals surface area contributed by atoms with E-state index in [1.807, 2.05) is 0 Å². The van der Waals surface area contributed by atoms with Gasteiger partial charge in [0.2, 0.25) is 5.91 Å². The molecule has 3 atom stereocenters. The third-order valence-corrected chi connectivity index (χ3v) is 10.4. The Morgan fingerprint density at radius 1 is 0.489 bits per heavy atom. The maximum atomic E-state index is 12.6. The number of aliphatic hydroxyl groups excluding tert-OH is 2. The fourth-order valence-electron chi connectivity index (χ4n) is 6.52. The van der Waals surface area contributed by atoms with Crippen LogP contribution in [-0.4, -0.2) is 53.1 Å². The molecule has 0 aliphatic rings. The molecule has 0 aliphatic carbocycles. The molecule has 0 aromatic heterocycles. The number of hydrogen-bond donors (Lipinski definition) is 4. The Morgan fingerprint density at radius 3 is 1.06 bits per heavy atom. The van der Waals surface area contributed by atoms with E-state index in [4.69, 9.17) is 0 Å². The van der Waals surface area contributed by atoms with Crippen LogP contribution in [0, 0.1) is 0 Å². The molecule has 0 bridgehead atoms. The van der Waals surface area contributed by atoms with Gasteiger partial charge in [0.1, 0.15) is 6.10 Å². The summed E-state index contributed by atoms with van der Waals surface area (Å²) >= 11 is 0. The Bertz CT molecular complexity index is 777. The lowest BCUT2D eigenvalue weighted by Crippen LogP contribution is -2.50. The predicted molar refractivity (Wildman–Crippen MR) is 199 cm³/mol. The SMILES string of the molecule is CCCCCCCCCCCCCCCCCCCCC(O)C(=O)NC(CS(=O)(=O)O)C(O)CCCCCCCCCCCCCC. The van der Waals surface area contributed by atoms with E-state index in [-0.39, 0.29) is 0 Å². The van der Waals surface area contributed by atoms with E-state index < -0.39 is 40.0 Å². The van der Waals surface area contributed by atoms with Crippen molar-refractivity contribution in [3.05, 3.63) is 0 Å². The minimum Gasteiger partial charge on any atom is -0.391 e.